The number of fused-ring (bicyclic) bond motifs is 1. The molecule has 0 fully saturated rings. The van der Waals surface area contributed by atoms with Crippen molar-refractivity contribution in [2.45, 2.75) is 6.54 Å². The lowest BCUT2D eigenvalue weighted by atomic mass is 9.97. The molecule has 1 heterocycles. The van der Waals surface area contributed by atoms with Gasteiger partial charge in [0.05, 0.1) is 12.6 Å². The van der Waals surface area contributed by atoms with Crippen LogP contribution >= 0.6 is 0 Å². The van der Waals surface area contributed by atoms with Crippen LogP contribution < -0.4 is 5.73 Å². The lowest BCUT2D eigenvalue weighted by Crippen LogP contribution is -2.25. The summed E-state index contributed by atoms with van der Waals surface area (Å²) in [5.74, 6) is -0.0582. The van der Waals surface area contributed by atoms with Crippen LogP contribution in [0, 0.1) is 11.3 Å². The zero-order valence-electron chi connectivity index (χ0n) is 12.0. The standard InChI is InChI=1S/C18H15N3O/c1-12(9-19)10-21-11-17-15(6-3-7-16(17)18(21)22)13-4-2-5-14(20)8-13/h2-8H,1,10-11,20H2. The first-order valence-electron chi connectivity index (χ1n) is 6.95. The number of hydrogen-bond acceptors (Lipinski definition) is 3. The van der Waals surface area contributed by atoms with Crippen LogP contribution in [-0.4, -0.2) is 17.4 Å². The Balaban J connectivity index is 2.02. The van der Waals surface area contributed by atoms with E-state index in [0.717, 1.165) is 16.7 Å². The van der Waals surface area contributed by atoms with E-state index in [2.05, 4.69) is 6.58 Å². The van der Waals surface area contributed by atoms with E-state index < -0.39 is 0 Å². The molecule has 22 heavy (non-hydrogen) atoms. The van der Waals surface area contributed by atoms with Gasteiger partial charge in [-0.3, -0.25) is 4.79 Å². The third-order valence-corrected chi connectivity index (χ3v) is 3.78. The van der Waals surface area contributed by atoms with E-state index in [9.17, 15) is 4.79 Å². The van der Waals surface area contributed by atoms with Crippen molar-refractivity contribution >= 4 is 11.6 Å². The molecule has 0 unspecified atom stereocenters. The Morgan fingerprint density at radius 1 is 1.27 bits per heavy atom. The highest BCUT2D eigenvalue weighted by molar-refractivity contribution is 6.00. The first kappa shape index (κ1) is 13.9. The van der Waals surface area contributed by atoms with E-state index in [-0.39, 0.29) is 12.5 Å². The summed E-state index contributed by atoms with van der Waals surface area (Å²) < 4.78 is 0. The van der Waals surface area contributed by atoms with Gasteiger partial charge in [-0.2, -0.15) is 5.26 Å². The summed E-state index contributed by atoms with van der Waals surface area (Å²) in [6.07, 6.45) is 0. The molecule has 0 saturated carbocycles. The van der Waals surface area contributed by atoms with Gasteiger partial charge in [0.1, 0.15) is 0 Å². The van der Waals surface area contributed by atoms with Gasteiger partial charge in [-0.1, -0.05) is 30.8 Å². The molecule has 3 rings (SSSR count). The predicted molar refractivity (Wildman–Crippen MR) is 85.8 cm³/mol. The third kappa shape index (κ3) is 2.33. The van der Waals surface area contributed by atoms with Crippen molar-refractivity contribution < 1.29 is 4.79 Å². The summed E-state index contributed by atoms with van der Waals surface area (Å²) in [6.45, 7) is 4.40. The van der Waals surface area contributed by atoms with E-state index in [4.69, 9.17) is 11.0 Å². The molecule has 0 atom stereocenters. The molecule has 108 valence electrons. The monoisotopic (exact) mass is 289 g/mol. The van der Waals surface area contributed by atoms with Gasteiger partial charge in [0, 0.05) is 23.4 Å². The Bertz CT molecular complexity index is 817. The van der Waals surface area contributed by atoms with Gasteiger partial charge in [-0.05, 0) is 34.9 Å². The highest BCUT2D eigenvalue weighted by atomic mass is 16.2. The number of nitriles is 1. The molecule has 4 heteroatoms. The number of amides is 1. The lowest BCUT2D eigenvalue weighted by molar-refractivity contribution is 0.0794. The second kappa shape index (κ2) is 5.38. The topological polar surface area (TPSA) is 70.1 Å². The summed E-state index contributed by atoms with van der Waals surface area (Å²) in [4.78, 5) is 14.1. The smallest absolute Gasteiger partial charge is 0.254 e. The molecule has 4 nitrogen and oxygen atoms in total. The largest absolute Gasteiger partial charge is 0.399 e. The first-order valence-corrected chi connectivity index (χ1v) is 6.95. The summed E-state index contributed by atoms with van der Waals surface area (Å²) in [5.41, 5.74) is 10.6. The Kier molecular flexibility index (Phi) is 3.40. The lowest BCUT2D eigenvalue weighted by Gasteiger charge is -2.14. The van der Waals surface area contributed by atoms with Crippen LogP contribution in [0.5, 0.6) is 0 Å². The quantitative estimate of drug-likeness (QED) is 0.697. The van der Waals surface area contributed by atoms with Crippen molar-refractivity contribution in [1.82, 2.24) is 4.90 Å². The van der Waals surface area contributed by atoms with Gasteiger partial charge in [0.25, 0.3) is 5.91 Å². The number of nitrogens with zero attached hydrogens (tertiary/aromatic N) is 2. The molecule has 0 aliphatic carbocycles. The van der Waals surface area contributed by atoms with Crippen LogP contribution in [-0.2, 0) is 6.54 Å². The highest BCUT2D eigenvalue weighted by Crippen LogP contribution is 2.33. The second-order valence-corrected chi connectivity index (χ2v) is 5.33. The average molecular weight is 289 g/mol. The van der Waals surface area contributed by atoms with Crippen LogP contribution in [0.25, 0.3) is 11.1 Å². The number of carbonyl (C=O) groups is 1. The fourth-order valence-corrected chi connectivity index (χ4v) is 2.76. The molecular weight excluding hydrogens is 274 g/mol. The molecule has 1 aliphatic heterocycles. The van der Waals surface area contributed by atoms with Gasteiger partial charge in [-0.15, -0.1) is 0 Å². The Morgan fingerprint density at radius 2 is 2.00 bits per heavy atom. The maximum Gasteiger partial charge on any atom is 0.254 e. The Labute approximate surface area is 129 Å². The second-order valence-electron chi connectivity index (χ2n) is 5.33. The molecule has 2 aromatic rings. The highest BCUT2D eigenvalue weighted by Gasteiger charge is 2.29. The Morgan fingerprint density at radius 3 is 2.73 bits per heavy atom. The van der Waals surface area contributed by atoms with Gasteiger partial charge in [-0.25, -0.2) is 0 Å². The predicted octanol–water partition coefficient (Wildman–Crippen LogP) is 2.97. The number of anilines is 1. The average Bonchev–Trinajstić information content (AvgIpc) is 2.83. The molecule has 0 bridgehead atoms. The maximum atomic E-state index is 12.4. The normalized spacial score (nSPS) is 12.9. The Hall–Kier alpha value is -3.06. The van der Waals surface area contributed by atoms with Gasteiger partial charge < -0.3 is 10.6 Å². The van der Waals surface area contributed by atoms with Crippen LogP contribution in [0.15, 0.2) is 54.6 Å². The fourth-order valence-electron chi connectivity index (χ4n) is 2.76. The van der Waals surface area contributed by atoms with Crippen molar-refractivity contribution in [3.05, 3.63) is 65.7 Å². The van der Waals surface area contributed by atoms with Crippen molar-refractivity contribution in [2.24, 2.45) is 0 Å². The number of rotatable bonds is 3. The molecular formula is C18H15N3O. The minimum Gasteiger partial charge on any atom is -0.399 e. The number of nitrogen functional groups attached to an aromatic ring is 1. The van der Waals surface area contributed by atoms with Gasteiger partial charge in [0.2, 0.25) is 0 Å². The zero-order chi connectivity index (χ0) is 15.7. The van der Waals surface area contributed by atoms with Gasteiger partial charge >= 0.3 is 0 Å². The maximum absolute atomic E-state index is 12.4. The number of nitrogens with two attached hydrogens (primary N) is 1. The van der Waals surface area contributed by atoms with Crippen molar-refractivity contribution in [1.29, 1.82) is 5.26 Å². The molecule has 2 aromatic carbocycles. The number of benzene rings is 2. The van der Waals surface area contributed by atoms with E-state index in [1.54, 1.807) is 4.90 Å². The van der Waals surface area contributed by atoms with Crippen LogP contribution in [0.1, 0.15) is 15.9 Å². The first-order chi connectivity index (χ1) is 10.6. The molecule has 0 aromatic heterocycles. The molecule has 1 amide bonds. The molecule has 1 aliphatic rings. The van der Waals surface area contributed by atoms with Crippen LogP contribution in [0.3, 0.4) is 0 Å². The fraction of sp³-hybridized carbons (Fsp3) is 0.111. The van der Waals surface area contributed by atoms with Crippen LogP contribution in [0.4, 0.5) is 5.69 Å². The van der Waals surface area contributed by atoms with Gasteiger partial charge in [0.15, 0.2) is 0 Å². The van der Waals surface area contributed by atoms with Crippen LogP contribution in [0.2, 0.25) is 0 Å². The summed E-state index contributed by atoms with van der Waals surface area (Å²) in [7, 11) is 0. The molecule has 0 radical (unpaired) electrons. The minimum atomic E-state index is -0.0582. The van der Waals surface area contributed by atoms with Crippen molar-refractivity contribution in [2.75, 3.05) is 12.3 Å². The van der Waals surface area contributed by atoms with E-state index >= 15 is 0 Å². The molecule has 2 N–H and O–H groups in total. The van der Waals surface area contributed by atoms with E-state index in [1.807, 2.05) is 48.5 Å². The summed E-state index contributed by atoms with van der Waals surface area (Å²) >= 11 is 0. The summed E-state index contributed by atoms with van der Waals surface area (Å²) in [5, 5.41) is 8.86. The number of carbonyl (C=O) groups excluding carboxylic acids is 1. The minimum absolute atomic E-state index is 0.0582. The molecule has 0 saturated heterocycles. The van der Waals surface area contributed by atoms with E-state index in [1.165, 1.54) is 0 Å². The SMILES string of the molecule is C=C(C#N)CN1Cc2c(cccc2-c2cccc(N)c2)C1=O. The van der Waals surface area contributed by atoms with E-state index in [0.29, 0.717) is 23.4 Å². The third-order valence-electron chi connectivity index (χ3n) is 3.78. The molecule has 0 spiro atoms. The number of hydrogen-bond donors (Lipinski definition) is 1. The van der Waals surface area contributed by atoms with Crippen molar-refractivity contribution in [3.63, 3.8) is 0 Å². The zero-order valence-corrected chi connectivity index (χ0v) is 12.0. The summed E-state index contributed by atoms with van der Waals surface area (Å²) in [6, 6.07) is 15.3. The van der Waals surface area contributed by atoms with Crippen molar-refractivity contribution in [3.8, 4) is 17.2 Å².